The minimum Gasteiger partial charge on any atom is -0.368 e. The van der Waals surface area contributed by atoms with E-state index in [2.05, 4.69) is 21.9 Å². The Morgan fingerprint density at radius 2 is 1.67 bits per heavy atom. The summed E-state index contributed by atoms with van der Waals surface area (Å²) in [6.07, 6.45) is 6.59. The second kappa shape index (κ2) is 6.55. The van der Waals surface area contributed by atoms with E-state index in [1.165, 1.54) is 37.8 Å². The molecule has 2 fully saturated rings. The maximum absolute atomic E-state index is 6.32. The number of piperazine rings is 1. The molecular formula is C17H26ClN3. The summed E-state index contributed by atoms with van der Waals surface area (Å²) in [5.74, 6) is 0. The molecule has 3 nitrogen and oxygen atoms in total. The van der Waals surface area contributed by atoms with Crippen LogP contribution in [0.15, 0.2) is 24.3 Å². The minimum absolute atomic E-state index is 0.269. The highest BCUT2D eigenvalue weighted by Crippen LogP contribution is 2.34. The zero-order valence-electron chi connectivity index (χ0n) is 12.7. The number of benzene rings is 1. The van der Waals surface area contributed by atoms with Crippen molar-refractivity contribution in [3.63, 3.8) is 0 Å². The first-order valence-corrected chi connectivity index (χ1v) is 8.58. The molecule has 0 amide bonds. The third kappa shape index (κ3) is 3.05. The molecule has 0 unspecified atom stereocenters. The van der Waals surface area contributed by atoms with Gasteiger partial charge in [0.1, 0.15) is 0 Å². The quantitative estimate of drug-likeness (QED) is 0.931. The Labute approximate surface area is 133 Å². The van der Waals surface area contributed by atoms with Gasteiger partial charge >= 0.3 is 0 Å². The summed E-state index contributed by atoms with van der Waals surface area (Å²) in [4.78, 5) is 5.06. The van der Waals surface area contributed by atoms with Crippen LogP contribution in [0, 0.1) is 0 Å². The summed E-state index contributed by atoms with van der Waals surface area (Å²) in [6, 6.07) is 8.16. The molecule has 1 heterocycles. The predicted octanol–water partition coefficient (Wildman–Crippen LogP) is 3.12. The summed E-state index contributed by atoms with van der Waals surface area (Å²) < 4.78 is 0. The number of hydrogen-bond acceptors (Lipinski definition) is 3. The van der Waals surface area contributed by atoms with Gasteiger partial charge in [-0.1, -0.05) is 43.0 Å². The smallest absolute Gasteiger partial charge is 0.0639 e. The monoisotopic (exact) mass is 307 g/mol. The lowest BCUT2D eigenvalue weighted by Crippen LogP contribution is -2.61. The Balaban J connectivity index is 1.66. The van der Waals surface area contributed by atoms with Gasteiger partial charge in [-0.05, 0) is 25.0 Å². The molecule has 1 saturated heterocycles. The van der Waals surface area contributed by atoms with E-state index >= 15 is 0 Å². The van der Waals surface area contributed by atoms with E-state index in [1.54, 1.807) is 0 Å². The summed E-state index contributed by atoms with van der Waals surface area (Å²) in [5, 5.41) is 0.858. The van der Waals surface area contributed by atoms with E-state index < -0.39 is 0 Å². The Kier molecular flexibility index (Phi) is 4.72. The summed E-state index contributed by atoms with van der Waals surface area (Å²) in [5.41, 5.74) is 7.60. The van der Waals surface area contributed by atoms with Crippen LogP contribution in [0.25, 0.3) is 0 Å². The predicted molar refractivity (Wildman–Crippen MR) is 90.1 cm³/mol. The second-order valence-corrected chi connectivity index (χ2v) is 6.82. The maximum Gasteiger partial charge on any atom is 0.0639 e. The van der Waals surface area contributed by atoms with E-state index in [9.17, 15) is 0 Å². The van der Waals surface area contributed by atoms with Crippen LogP contribution in [-0.2, 0) is 0 Å². The zero-order chi connectivity index (χ0) is 14.7. The Hall–Kier alpha value is -0.770. The van der Waals surface area contributed by atoms with Crippen molar-refractivity contribution in [3.8, 4) is 0 Å². The summed E-state index contributed by atoms with van der Waals surface area (Å²) >= 11 is 6.32. The van der Waals surface area contributed by atoms with Gasteiger partial charge in [0.25, 0.3) is 0 Å². The van der Waals surface area contributed by atoms with Crippen molar-refractivity contribution in [1.82, 2.24) is 4.90 Å². The molecule has 0 bridgehead atoms. The van der Waals surface area contributed by atoms with Gasteiger partial charge in [0.15, 0.2) is 0 Å². The summed E-state index contributed by atoms with van der Waals surface area (Å²) in [7, 11) is 0. The second-order valence-electron chi connectivity index (χ2n) is 6.41. The Bertz CT molecular complexity index is 463. The number of halogens is 1. The van der Waals surface area contributed by atoms with E-state index in [-0.39, 0.29) is 5.54 Å². The third-order valence-corrected chi connectivity index (χ3v) is 5.63. The van der Waals surface area contributed by atoms with Crippen LogP contribution < -0.4 is 10.6 Å². The number of para-hydroxylation sites is 1. The van der Waals surface area contributed by atoms with E-state index in [4.69, 9.17) is 17.3 Å². The molecule has 1 aromatic rings. The number of hydrogen-bond donors (Lipinski definition) is 1. The molecule has 0 spiro atoms. The van der Waals surface area contributed by atoms with E-state index in [0.717, 1.165) is 37.7 Å². The molecule has 0 atom stereocenters. The minimum atomic E-state index is 0.269. The Morgan fingerprint density at radius 1 is 1.00 bits per heavy atom. The van der Waals surface area contributed by atoms with Gasteiger partial charge in [0, 0.05) is 38.3 Å². The fraction of sp³-hybridized carbons (Fsp3) is 0.647. The number of nitrogens with zero attached hydrogens (tertiary/aromatic N) is 2. The molecule has 2 aliphatic rings. The van der Waals surface area contributed by atoms with Crippen molar-refractivity contribution in [2.24, 2.45) is 5.73 Å². The maximum atomic E-state index is 6.32. The van der Waals surface area contributed by atoms with Crippen LogP contribution in [-0.4, -0.2) is 43.2 Å². The van der Waals surface area contributed by atoms with Crippen LogP contribution in [0.3, 0.4) is 0 Å². The number of nitrogens with two attached hydrogens (primary N) is 1. The van der Waals surface area contributed by atoms with Crippen LogP contribution in [0.2, 0.25) is 5.02 Å². The lowest BCUT2D eigenvalue weighted by Gasteiger charge is -2.49. The van der Waals surface area contributed by atoms with Crippen molar-refractivity contribution in [2.75, 3.05) is 37.6 Å². The van der Waals surface area contributed by atoms with Gasteiger partial charge in [-0.15, -0.1) is 0 Å². The molecular weight excluding hydrogens is 282 g/mol. The molecule has 1 aliphatic heterocycles. The molecule has 116 valence electrons. The van der Waals surface area contributed by atoms with E-state index in [0.29, 0.717) is 0 Å². The third-order valence-electron chi connectivity index (χ3n) is 5.31. The summed E-state index contributed by atoms with van der Waals surface area (Å²) in [6.45, 7) is 5.10. The molecule has 1 aliphatic carbocycles. The first kappa shape index (κ1) is 15.1. The van der Waals surface area contributed by atoms with Crippen LogP contribution in [0.4, 0.5) is 5.69 Å². The standard InChI is InChI=1S/C17H26ClN3/c18-15-6-2-3-7-16(15)20-10-12-21(13-11-20)17(14-19)8-4-1-5-9-17/h2-3,6-7H,1,4-5,8-14,19H2. The average Bonchev–Trinajstić information content (AvgIpc) is 2.56. The first-order chi connectivity index (χ1) is 10.2. The molecule has 0 aromatic heterocycles. The van der Waals surface area contributed by atoms with Crippen LogP contribution in [0.1, 0.15) is 32.1 Å². The molecule has 1 saturated carbocycles. The van der Waals surface area contributed by atoms with Gasteiger partial charge in [-0.25, -0.2) is 0 Å². The van der Waals surface area contributed by atoms with Crippen molar-refractivity contribution < 1.29 is 0 Å². The van der Waals surface area contributed by atoms with Crippen molar-refractivity contribution in [1.29, 1.82) is 0 Å². The molecule has 4 heteroatoms. The Morgan fingerprint density at radius 3 is 2.29 bits per heavy atom. The van der Waals surface area contributed by atoms with E-state index in [1.807, 2.05) is 12.1 Å². The number of rotatable bonds is 3. The highest BCUT2D eigenvalue weighted by atomic mass is 35.5. The van der Waals surface area contributed by atoms with Gasteiger partial charge in [-0.2, -0.15) is 0 Å². The fourth-order valence-electron chi connectivity index (χ4n) is 3.99. The highest BCUT2D eigenvalue weighted by molar-refractivity contribution is 6.33. The van der Waals surface area contributed by atoms with Gasteiger partial charge in [0.2, 0.25) is 0 Å². The zero-order valence-corrected chi connectivity index (χ0v) is 13.5. The normalized spacial score (nSPS) is 23.2. The molecule has 0 radical (unpaired) electrons. The molecule has 21 heavy (non-hydrogen) atoms. The topological polar surface area (TPSA) is 32.5 Å². The van der Waals surface area contributed by atoms with Crippen molar-refractivity contribution >= 4 is 17.3 Å². The molecule has 2 N–H and O–H groups in total. The lowest BCUT2D eigenvalue weighted by molar-refractivity contribution is 0.0519. The van der Waals surface area contributed by atoms with Gasteiger partial charge < -0.3 is 10.6 Å². The van der Waals surface area contributed by atoms with Crippen LogP contribution >= 0.6 is 11.6 Å². The van der Waals surface area contributed by atoms with Crippen molar-refractivity contribution in [3.05, 3.63) is 29.3 Å². The highest BCUT2D eigenvalue weighted by Gasteiger charge is 2.38. The van der Waals surface area contributed by atoms with Crippen molar-refractivity contribution in [2.45, 2.75) is 37.6 Å². The number of anilines is 1. The lowest BCUT2D eigenvalue weighted by atomic mass is 9.80. The SMILES string of the molecule is NCC1(N2CCN(c3ccccc3Cl)CC2)CCCCC1. The van der Waals surface area contributed by atoms with Gasteiger partial charge in [-0.3, -0.25) is 4.90 Å². The first-order valence-electron chi connectivity index (χ1n) is 8.20. The molecule has 1 aromatic carbocycles. The molecule has 3 rings (SSSR count). The van der Waals surface area contributed by atoms with Crippen LogP contribution in [0.5, 0.6) is 0 Å². The average molecular weight is 308 g/mol. The largest absolute Gasteiger partial charge is 0.368 e. The van der Waals surface area contributed by atoms with Gasteiger partial charge in [0.05, 0.1) is 10.7 Å². The fourth-order valence-corrected chi connectivity index (χ4v) is 4.24.